The highest BCUT2D eigenvalue weighted by Crippen LogP contribution is 2.42. The molecule has 1 aliphatic heterocycles. The van der Waals surface area contributed by atoms with Gasteiger partial charge in [0.1, 0.15) is 0 Å². The highest BCUT2D eigenvalue weighted by molar-refractivity contribution is 6.68. The molecular formula is C14H28O3Si. The third-order valence-electron chi connectivity index (χ3n) is 4.63. The molecule has 4 heteroatoms. The maximum atomic E-state index is 6.05. The molecular weight excluding hydrogens is 244 g/mol. The summed E-state index contributed by atoms with van der Waals surface area (Å²) in [4.78, 5) is 0. The van der Waals surface area contributed by atoms with Crippen LogP contribution in [0, 0.1) is 5.92 Å². The average molecular weight is 272 g/mol. The zero-order valence-electron chi connectivity index (χ0n) is 12.3. The molecule has 0 bridgehead atoms. The van der Waals surface area contributed by atoms with Crippen LogP contribution >= 0.6 is 0 Å². The second-order valence-electron chi connectivity index (χ2n) is 6.03. The van der Waals surface area contributed by atoms with Gasteiger partial charge in [-0.3, -0.25) is 0 Å². The molecule has 2 rings (SSSR count). The van der Waals surface area contributed by atoms with Crippen molar-refractivity contribution in [2.75, 3.05) is 13.7 Å². The van der Waals surface area contributed by atoms with Gasteiger partial charge in [0.15, 0.2) is 0 Å². The molecule has 106 valence electrons. The molecule has 1 aliphatic carbocycles. The summed E-state index contributed by atoms with van der Waals surface area (Å²) in [5, 5.41) is 0. The van der Waals surface area contributed by atoms with Gasteiger partial charge in [-0.2, -0.15) is 0 Å². The van der Waals surface area contributed by atoms with E-state index in [2.05, 4.69) is 20.8 Å². The smallest absolute Gasteiger partial charge is 0.340 e. The first-order valence-electron chi connectivity index (χ1n) is 7.46. The fourth-order valence-electron chi connectivity index (χ4n) is 3.32. The molecule has 4 atom stereocenters. The van der Waals surface area contributed by atoms with Crippen molar-refractivity contribution in [3.63, 3.8) is 0 Å². The molecule has 18 heavy (non-hydrogen) atoms. The zero-order chi connectivity index (χ0) is 13.2. The van der Waals surface area contributed by atoms with Crippen molar-refractivity contribution in [3.05, 3.63) is 0 Å². The Morgan fingerprint density at radius 1 is 1.28 bits per heavy atom. The summed E-state index contributed by atoms with van der Waals surface area (Å²) in [7, 11) is -0.144. The van der Waals surface area contributed by atoms with Gasteiger partial charge >= 0.3 is 8.56 Å². The molecule has 4 unspecified atom stereocenters. The Morgan fingerprint density at radius 3 is 2.61 bits per heavy atom. The summed E-state index contributed by atoms with van der Waals surface area (Å²) in [5.74, 6) is 0.829. The van der Waals surface area contributed by atoms with Crippen molar-refractivity contribution >= 4 is 8.56 Å². The number of hydrogen-bond acceptors (Lipinski definition) is 3. The van der Waals surface area contributed by atoms with E-state index >= 15 is 0 Å². The van der Waals surface area contributed by atoms with E-state index in [1.807, 2.05) is 7.11 Å². The van der Waals surface area contributed by atoms with Gasteiger partial charge in [0.25, 0.3) is 0 Å². The quantitative estimate of drug-likeness (QED) is 0.525. The van der Waals surface area contributed by atoms with Gasteiger partial charge in [0.2, 0.25) is 0 Å². The van der Waals surface area contributed by atoms with Crippen LogP contribution < -0.4 is 0 Å². The number of fused-ring (bicyclic) bond motifs is 1. The molecule has 3 nitrogen and oxygen atoms in total. The zero-order valence-corrected chi connectivity index (χ0v) is 13.3. The molecule has 2 aliphatic rings. The Kier molecular flexibility index (Phi) is 4.86. The van der Waals surface area contributed by atoms with Crippen LogP contribution in [0.25, 0.3) is 0 Å². The van der Waals surface area contributed by atoms with Gasteiger partial charge in [0.05, 0.1) is 12.2 Å². The summed E-state index contributed by atoms with van der Waals surface area (Å²) >= 11 is 0. The van der Waals surface area contributed by atoms with Gasteiger partial charge in [-0.25, -0.2) is 0 Å². The highest BCUT2D eigenvalue weighted by Gasteiger charge is 2.45. The molecule has 2 fully saturated rings. The third kappa shape index (κ3) is 3.16. The van der Waals surface area contributed by atoms with E-state index in [-0.39, 0.29) is 0 Å². The van der Waals surface area contributed by atoms with Gasteiger partial charge in [0, 0.05) is 13.7 Å². The molecule has 1 saturated heterocycles. The summed E-state index contributed by atoms with van der Waals surface area (Å²) in [6.07, 6.45) is 6.33. The van der Waals surface area contributed by atoms with Crippen LogP contribution in [0.4, 0.5) is 0 Å². The van der Waals surface area contributed by atoms with E-state index in [1.165, 1.54) is 25.7 Å². The standard InChI is InChI=1S/C14H28O3Si/c1-5-16-18(15-4,11(2)3)9-8-12-6-7-13-14(10-12)17-13/h11-14H,5-10H2,1-4H3. The molecule has 0 amide bonds. The lowest BCUT2D eigenvalue weighted by atomic mass is 9.88. The van der Waals surface area contributed by atoms with Gasteiger partial charge in [-0.05, 0) is 50.1 Å². The Bertz CT molecular complexity index is 272. The van der Waals surface area contributed by atoms with E-state index in [9.17, 15) is 0 Å². The Labute approximate surface area is 112 Å². The normalized spacial score (nSPS) is 34.2. The summed E-state index contributed by atoms with van der Waals surface area (Å²) in [5.41, 5.74) is 0.524. The minimum Gasteiger partial charge on any atom is -0.397 e. The SMILES string of the molecule is CCO[Si](CCC1CCC2OC2C1)(OC)C(C)C. The molecule has 0 aromatic carbocycles. The van der Waals surface area contributed by atoms with E-state index in [0.717, 1.165) is 18.6 Å². The van der Waals surface area contributed by atoms with E-state index in [0.29, 0.717) is 17.7 Å². The maximum absolute atomic E-state index is 6.05. The fourth-order valence-corrected chi connectivity index (χ4v) is 6.47. The number of ether oxygens (including phenoxy) is 1. The summed E-state index contributed by atoms with van der Waals surface area (Å²) in [6, 6.07) is 1.14. The average Bonchev–Trinajstić information content (AvgIpc) is 3.12. The second-order valence-corrected chi connectivity index (χ2v) is 10.0. The minimum absolute atomic E-state index is 0.524. The lowest BCUT2D eigenvalue weighted by Gasteiger charge is -2.33. The fraction of sp³-hybridized carbons (Fsp3) is 1.00. The maximum Gasteiger partial charge on any atom is 0.340 e. The molecule has 1 heterocycles. The van der Waals surface area contributed by atoms with Crippen molar-refractivity contribution < 1.29 is 13.6 Å². The van der Waals surface area contributed by atoms with Crippen LogP contribution in [0.2, 0.25) is 11.6 Å². The lowest BCUT2D eigenvalue weighted by molar-refractivity contribution is 0.195. The van der Waals surface area contributed by atoms with Gasteiger partial charge < -0.3 is 13.6 Å². The van der Waals surface area contributed by atoms with Crippen molar-refractivity contribution in [2.45, 2.75) is 70.2 Å². The van der Waals surface area contributed by atoms with Crippen molar-refractivity contribution in [1.29, 1.82) is 0 Å². The molecule has 0 N–H and O–H groups in total. The number of rotatable bonds is 7. The van der Waals surface area contributed by atoms with Crippen LogP contribution in [-0.2, 0) is 13.6 Å². The highest BCUT2D eigenvalue weighted by atomic mass is 28.4. The third-order valence-corrected chi connectivity index (χ3v) is 8.84. The Morgan fingerprint density at radius 2 is 2.06 bits per heavy atom. The number of hydrogen-bond donors (Lipinski definition) is 0. The van der Waals surface area contributed by atoms with Crippen molar-refractivity contribution in [1.82, 2.24) is 0 Å². The van der Waals surface area contributed by atoms with Crippen LogP contribution in [0.1, 0.15) is 46.5 Å². The second kappa shape index (κ2) is 6.03. The van der Waals surface area contributed by atoms with Crippen LogP contribution in [-0.4, -0.2) is 34.5 Å². The first kappa shape index (κ1) is 14.5. The molecule has 0 aromatic heterocycles. The van der Waals surface area contributed by atoms with Crippen LogP contribution in [0.15, 0.2) is 0 Å². The Hall–Kier alpha value is 0.0969. The number of epoxide rings is 1. The summed E-state index contributed by atoms with van der Waals surface area (Å²) in [6.45, 7) is 7.34. The molecule has 1 saturated carbocycles. The molecule has 0 spiro atoms. The first-order valence-corrected chi connectivity index (χ1v) is 9.56. The summed E-state index contributed by atoms with van der Waals surface area (Å²) < 4.78 is 17.5. The van der Waals surface area contributed by atoms with Crippen LogP contribution in [0.5, 0.6) is 0 Å². The van der Waals surface area contributed by atoms with Crippen LogP contribution in [0.3, 0.4) is 0 Å². The monoisotopic (exact) mass is 272 g/mol. The molecule has 0 radical (unpaired) electrons. The van der Waals surface area contributed by atoms with E-state index < -0.39 is 8.56 Å². The first-order chi connectivity index (χ1) is 8.61. The Balaban J connectivity index is 1.84. The van der Waals surface area contributed by atoms with Gasteiger partial charge in [-0.15, -0.1) is 0 Å². The predicted molar refractivity (Wildman–Crippen MR) is 74.9 cm³/mol. The largest absolute Gasteiger partial charge is 0.397 e. The van der Waals surface area contributed by atoms with E-state index in [4.69, 9.17) is 13.6 Å². The van der Waals surface area contributed by atoms with Gasteiger partial charge in [-0.1, -0.05) is 13.8 Å². The van der Waals surface area contributed by atoms with E-state index in [1.54, 1.807) is 0 Å². The van der Waals surface area contributed by atoms with Crippen molar-refractivity contribution in [2.24, 2.45) is 5.92 Å². The van der Waals surface area contributed by atoms with Crippen molar-refractivity contribution in [3.8, 4) is 0 Å². The topological polar surface area (TPSA) is 31.0 Å². The molecule has 0 aromatic rings. The lowest BCUT2D eigenvalue weighted by Crippen LogP contribution is -2.44. The minimum atomic E-state index is -1.98. The predicted octanol–water partition coefficient (Wildman–Crippen LogP) is 3.48.